The number of anilines is 2. The summed E-state index contributed by atoms with van der Waals surface area (Å²) in [6.45, 7) is 0.730. The van der Waals surface area contributed by atoms with Gasteiger partial charge in [0.1, 0.15) is 5.75 Å². The van der Waals surface area contributed by atoms with Gasteiger partial charge in [0.15, 0.2) is 0 Å². The summed E-state index contributed by atoms with van der Waals surface area (Å²) in [4.78, 5) is 6.54. The summed E-state index contributed by atoms with van der Waals surface area (Å²) in [5, 5.41) is 0. The van der Waals surface area contributed by atoms with E-state index in [1.54, 1.807) is 6.20 Å². The zero-order valence-electron chi connectivity index (χ0n) is 17.5. The molecule has 4 rings (SSSR count). The van der Waals surface area contributed by atoms with Crippen LogP contribution < -0.4 is 14.4 Å². The van der Waals surface area contributed by atoms with Gasteiger partial charge in [-0.1, -0.05) is 18.2 Å². The van der Waals surface area contributed by atoms with E-state index in [2.05, 4.69) is 25.4 Å². The standard InChI is InChI=1S/C23H22F3N3O3S/c24-23(25,26)32-18-9-11-19(12-10-18)33(30,31)28-15-4-16-29-21-6-2-1-5-17(21)8-13-20-22(29)7-3-14-27-20/h1-3,5-7,9-12,14,28H,4,8,13,15-16H2. The third kappa shape index (κ3) is 5.63. The summed E-state index contributed by atoms with van der Waals surface area (Å²) >= 11 is 0. The first-order valence-corrected chi connectivity index (χ1v) is 11.9. The second-order valence-corrected chi connectivity index (χ2v) is 9.29. The molecule has 0 saturated heterocycles. The van der Waals surface area contributed by atoms with Gasteiger partial charge < -0.3 is 9.64 Å². The Bertz CT molecular complexity index is 1170. The fraction of sp³-hybridized carbons (Fsp3) is 0.261. The van der Waals surface area contributed by atoms with Gasteiger partial charge in [0.25, 0.3) is 0 Å². The molecule has 0 atom stereocenters. The van der Waals surface area contributed by atoms with Crippen LogP contribution in [-0.2, 0) is 22.9 Å². The van der Waals surface area contributed by atoms with Crippen molar-refractivity contribution in [2.75, 3.05) is 18.0 Å². The monoisotopic (exact) mass is 477 g/mol. The summed E-state index contributed by atoms with van der Waals surface area (Å²) < 4.78 is 68.2. The highest BCUT2D eigenvalue weighted by atomic mass is 32.2. The fourth-order valence-corrected chi connectivity index (χ4v) is 4.90. The summed E-state index contributed by atoms with van der Waals surface area (Å²) in [6, 6.07) is 16.1. The van der Waals surface area contributed by atoms with Gasteiger partial charge in [0.2, 0.25) is 10.0 Å². The largest absolute Gasteiger partial charge is 0.573 e. The highest BCUT2D eigenvalue weighted by Crippen LogP contribution is 2.35. The molecule has 0 bridgehead atoms. The summed E-state index contributed by atoms with van der Waals surface area (Å²) in [6.07, 6.45) is -0.857. The van der Waals surface area contributed by atoms with Crippen LogP contribution in [0.5, 0.6) is 5.75 Å². The number of halogens is 3. The maximum atomic E-state index is 12.5. The molecule has 10 heteroatoms. The molecule has 0 spiro atoms. The maximum absolute atomic E-state index is 12.5. The number of rotatable bonds is 7. The van der Waals surface area contributed by atoms with Crippen molar-refractivity contribution < 1.29 is 26.3 Å². The van der Waals surface area contributed by atoms with Crippen molar-refractivity contribution in [1.29, 1.82) is 0 Å². The molecule has 0 aliphatic carbocycles. The molecule has 0 radical (unpaired) electrons. The van der Waals surface area contributed by atoms with Crippen molar-refractivity contribution in [2.24, 2.45) is 0 Å². The molecule has 33 heavy (non-hydrogen) atoms. The third-order valence-electron chi connectivity index (χ3n) is 5.29. The highest BCUT2D eigenvalue weighted by molar-refractivity contribution is 7.89. The number of fused-ring (bicyclic) bond motifs is 2. The molecule has 1 N–H and O–H groups in total. The van der Waals surface area contributed by atoms with Crippen molar-refractivity contribution in [3.63, 3.8) is 0 Å². The van der Waals surface area contributed by atoms with Crippen LogP contribution in [0.1, 0.15) is 17.7 Å². The average molecular weight is 478 g/mol. The van der Waals surface area contributed by atoms with E-state index in [0.717, 1.165) is 54.2 Å². The number of aryl methyl sites for hydroxylation is 2. The number of alkyl halides is 3. The molecule has 0 fully saturated rings. The quantitative estimate of drug-likeness (QED) is 0.504. The first-order valence-electron chi connectivity index (χ1n) is 10.4. The van der Waals surface area contributed by atoms with Crippen molar-refractivity contribution in [1.82, 2.24) is 9.71 Å². The zero-order chi connectivity index (χ0) is 23.5. The number of para-hydroxylation sites is 1. The van der Waals surface area contributed by atoms with Crippen LogP contribution in [0.4, 0.5) is 24.5 Å². The van der Waals surface area contributed by atoms with Crippen molar-refractivity contribution in [3.8, 4) is 5.75 Å². The summed E-state index contributed by atoms with van der Waals surface area (Å²) in [5.74, 6) is -0.478. The highest BCUT2D eigenvalue weighted by Gasteiger charge is 2.31. The predicted molar refractivity (Wildman–Crippen MR) is 118 cm³/mol. The third-order valence-corrected chi connectivity index (χ3v) is 6.77. The first-order chi connectivity index (χ1) is 15.7. The van der Waals surface area contributed by atoms with Crippen LogP contribution in [0.2, 0.25) is 0 Å². The molecule has 0 saturated carbocycles. The second-order valence-electron chi connectivity index (χ2n) is 7.52. The molecule has 174 valence electrons. The van der Waals surface area contributed by atoms with Crippen LogP contribution in [0.15, 0.2) is 71.8 Å². The Kier molecular flexibility index (Phi) is 6.57. The van der Waals surface area contributed by atoms with E-state index in [-0.39, 0.29) is 11.4 Å². The molecule has 2 aromatic carbocycles. The molecule has 3 aromatic rings. The topological polar surface area (TPSA) is 71.5 Å². The van der Waals surface area contributed by atoms with E-state index in [0.29, 0.717) is 13.0 Å². The van der Waals surface area contributed by atoms with Crippen molar-refractivity contribution in [3.05, 3.63) is 78.1 Å². The van der Waals surface area contributed by atoms with Gasteiger partial charge in [-0.3, -0.25) is 4.98 Å². The fourth-order valence-electron chi connectivity index (χ4n) is 3.82. The number of hydrogen-bond acceptors (Lipinski definition) is 5. The van der Waals surface area contributed by atoms with E-state index in [1.165, 1.54) is 5.56 Å². The molecule has 0 unspecified atom stereocenters. The number of benzene rings is 2. The molecular weight excluding hydrogens is 455 g/mol. The number of nitrogens with zero attached hydrogens (tertiary/aromatic N) is 2. The average Bonchev–Trinajstić information content (AvgIpc) is 2.93. The number of ether oxygens (including phenoxy) is 1. The van der Waals surface area contributed by atoms with E-state index in [9.17, 15) is 21.6 Å². The smallest absolute Gasteiger partial charge is 0.406 e. The Morgan fingerprint density at radius 1 is 0.970 bits per heavy atom. The number of hydrogen-bond donors (Lipinski definition) is 1. The van der Waals surface area contributed by atoms with Crippen LogP contribution >= 0.6 is 0 Å². The minimum absolute atomic E-state index is 0.133. The van der Waals surface area contributed by atoms with Crippen LogP contribution in [0.25, 0.3) is 0 Å². The zero-order valence-corrected chi connectivity index (χ0v) is 18.4. The number of aromatic nitrogens is 1. The van der Waals surface area contributed by atoms with Crippen LogP contribution in [0.3, 0.4) is 0 Å². The Hall–Kier alpha value is -3.11. The van der Waals surface area contributed by atoms with Gasteiger partial charge in [-0.25, -0.2) is 13.1 Å². The number of pyridine rings is 1. The van der Waals surface area contributed by atoms with Gasteiger partial charge in [-0.15, -0.1) is 13.2 Å². The minimum Gasteiger partial charge on any atom is -0.406 e. The Balaban J connectivity index is 1.42. The van der Waals surface area contributed by atoms with Gasteiger partial charge in [0.05, 0.1) is 16.3 Å². The van der Waals surface area contributed by atoms with Crippen LogP contribution in [0, 0.1) is 0 Å². The first kappa shape index (κ1) is 23.1. The van der Waals surface area contributed by atoms with E-state index in [4.69, 9.17) is 0 Å². The van der Waals surface area contributed by atoms with Crippen molar-refractivity contribution >= 4 is 21.4 Å². The lowest BCUT2D eigenvalue weighted by atomic mass is 10.1. The summed E-state index contributed by atoms with van der Waals surface area (Å²) in [7, 11) is -3.87. The van der Waals surface area contributed by atoms with Gasteiger partial charge in [-0.05, 0) is 67.3 Å². The number of sulfonamides is 1. The molecule has 2 heterocycles. The lowest BCUT2D eigenvalue weighted by Crippen LogP contribution is -2.28. The normalized spacial score (nSPS) is 13.7. The molecule has 1 aliphatic rings. The van der Waals surface area contributed by atoms with Gasteiger partial charge >= 0.3 is 6.36 Å². The molecule has 1 aromatic heterocycles. The lowest BCUT2D eigenvalue weighted by Gasteiger charge is -2.26. The van der Waals surface area contributed by atoms with E-state index < -0.39 is 22.1 Å². The van der Waals surface area contributed by atoms with Gasteiger partial charge in [-0.2, -0.15) is 0 Å². The SMILES string of the molecule is O=S(=O)(NCCCN1c2ccccc2CCc2ncccc21)c1ccc(OC(F)(F)F)cc1. The molecular formula is C23H22F3N3O3S. The maximum Gasteiger partial charge on any atom is 0.573 e. The van der Waals surface area contributed by atoms with E-state index in [1.807, 2.05) is 30.3 Å². The predicted octanol–water partition coefficient (Wildman–Crippen LogP) is 4.59. The molecule has 0 amide bonds. The Labute approximate surface area is 190 Å². The van der Waals surface area contributed by atoms with Gasteiger partial charge in [0, 0.05) is 25.0 Å². The number of nitrogens with one attached hydrogen (secondary N) is 1. The van der Waals surface area contributed by atoms with Crippen LogP contribution in [-0.4, -0.2) is 32.9 Å². The minimum atomic E-state index is -4.83. The lowest BCUT2D eigenvalue weighted by molar-refractivity contribution is -0.274. The van der Waals surface area contributed by atoms with E-state index >= 15 is 0 Å². The Morgan fingerprint density at radius 3 is 2.45 bits per heavy atom. The molecule has 1 aliphatic heterocycles. The second kappa shape index (κ2) is 9.40. The summed E-state index contributed by atoms with van der Waals surface area (Å²) in [5.41, 5.74) is 4.28. The molecule has 6 nitrogen and oxygen atoms in total. The van der Waals surface area contributed by atoms with Crippen molar-refractivity contribution in [2.45, 2.75) is 30.5 Å². The Morgan fingerprint density at radius 2 is 1.70 bits per heavy atom.